The second kappa shape index (κ2) is 6.74. The van der Waals surface area contributed by atoms with E-state index < -0.39 is 5.82 Å². The van der Waals surface area contributed by atoms with E-state index in [0.29, 0.717) is 30.6 Å². The first-order chi connectivity index (χ1) is 8.62. The van der Waals surface area contributed by atoms with E-state index in [1.54, 1.807) is 19.1 Å². The molecule has 5 heteroatoms. The fourth-order valence-electron chi connectivity index (χ4n) is 1.51. The Morgan fingerprint density at radius 1 is 1.44 bits per heavy atom. The summed E-state index contributed by atoms with van der Waals surface area (Å²) < 4.78 is 13.5. The average molecular weight is 252 g/mol. The zero-order valence-electron chi connectivity index (χ0n) is 10.6. The van der Waals surface area contributed by atoms with E-state index in [4.69, 9.17) is 0 Å². The summed E-state index contributed by atoms with van der Waals surface area (Å²) in [6.07, 6.45) is 1.05. The molecular formula is C13H17FN2O2. The zero-order valence-corrected chi connectivity index (χ0v) is 10.6. The molecule has 1 rings (SSSR count). The van der Waals surface area contributed by atoms with Crippen molar-refractivity contribution >= 4 is 18.0 Å². The summed E-state index contributed by atoms with van der Waals surface area (Å²) in [5, 5.41) is 2.61. The Balaban J connectivity index is 2.87. The Kier molecular flexibility index (Phi) is 5.30. The maximum atomic E-state index is 13.5. The number of benzene rings is 1. The first kappa shape index (κ1) is 14.2. The van der Waals surface area contributed by atoms with Gasteiger partial charge >= 0.3 is 0 Å². The van der Waals surface area contributed by atoms with Crippen LogP contribution in [0.3, 0.4) is 0 Å². The predicted molar refractivity (Wildman–Crippen MR) is 67.6 cm³/mol. The lowest BCUT2D eigenvalue weighted by atomic mass is 10.1. The third-order valence-electron chi connectivity index (χ3n) is 2.63. The maximum absolute atomic E-state index is 13.5. The molecule has 1 N–H and O–H groups in total. The summed E-state index contributed by atoms with van der Waals surface area (Å²) in [6, 6.07) is 4.41. The van der Waals surface area contributed by atoms with Crippen molar-refractivity contribution in [2.24, 2.45) is 0 Å². The summed E-state index contributed by atoms with van der Waals surface area (Å²) in [4.78, 5) is 23.4. The van der Waals surface area contributed by atoms with Crippen LogP contribution in [0.25, 0.3) is 0 Å². The molecule has 0 radical (unpaired) electrons. The lowest BCUT2D eigenvalue weighted by molar-refractivity contribution is -0.120. The fourth-order valence-corrected chi connectivity index (χ4v) is 1.51. The van der Waals surface area contributed by atoms with Crippen molar-refractivity contribution in [3.8, 4) is 0 Å². The van der Waals surface area contributed by atoms with Gasteiger partial charge in [-0.05, 0) is 25.1 Å². The first-order valence-corrected chi connectivity index (χ1v) is 5.89. The van der Waals surface area contributed by atoms with Gasteiger partial charge in [-0.15, -0.1) is 0 Å². The molecular weight excluding hydrogens is 235 g/mol. The van der Waals surface area contributed by atoms with Crippen molar-refractivity contribution in [2.75, 3.05) is 11.4 Å². The summed E-state index contributed by atoms with van der Waals surface area (Å²) in [5.74, 6) is -0.528. The highest BCUT2D eigenvalue weighted by Crippen LogP contribution is 2.17. The van der Waals surface area contributed by atoms with E-state index in [0.717, 1.165) is 0 Å². The van der Waals surface area contributed by atoms with E-state index in [1.807, 2.05) is 6.92 Å². The van der Waals surface area contributed by atoms with Gasteiger partial charge in [0.1, 0.15) is 5.82 Å². The number of carbonyl (C=O) groups is 2. The van der Waals surface area contributed by atoms with E-state index >= 15 is 0 Å². The minimum Gasteiger partial charge on any atom is -0.352 e. The van der Waals surface area contributed by atoms with Gasteiger partial charge in [-0.3, -0.25) is 9.59 Å². The molecule has 4 nitrogen and oxygen atoms in total. The largest absolute Gasteiger partial charge is 0.352 e. The standard InChI is InChI=1S/C13H17FN2O2/c1-3-13(18)15-8-10-7-11(5-6-12(10)14)16(4-2)9-17/h5-7,9H,3-4,8H2,1-2H3,(H,15,18). The van der Waals surface area contributed by atoms with E-state index in [-0.39, 0.29) is 12.5 Å². The third-order valence-corrected chi connectivity index (χ3v) is 2.63. The number of halogens is 1. The van der Waals surface area contributed by atoms with Crippen LogP contribution >= 0.6 is 0 Å². The molecule has 0 bridgehead atoms. The fraction of sp³-hybridized carbons (Fsp3) is 0.385. The van der Waals surface area contributed by atoms with Crippen LogP contribution in [0.4, 0.5) is 10.1 Å². The molecule has 0 saturated carbocycles. The molecule has 98 valence electrons. The van der Waals surface area contributed by atoms with Crippen molar-refractivity contribution in [1.82, 2.24) is 5.32 Å². The van der Waals surface area contributed by atoms with Gasteiger partial charge in [-0.2, -0.15) is 0 Å². The van der Waals surface area contributed by atoms with Crippen LogP contribution in [0, 0.1) is 5.82 Å². The van der Waals surface area contributed by atoms with Crippen LogP contribution in [-0.2, 0) is 16.1 Å². The van der Waals surface area contributed by atoms with Crippen LogP contribution in [0.15, 0.2) is 18.2 Å². The van der Waals surface area contributed by atoms with Crippen molar-refractivity contribution in [3.63, 3.8) is 0 Å². The van der Waals surface area contributed by atoms with Crippen molar-refractivity contribution < 1.29 is 14.0 Å². The number of hydrogen-bond acceptors (Lipinski definition) is 2. The topological polar surface area (TPSA) is 49.4 Å². The number of hydrogen-bond donors (Lipinski definition) is 1. The molecule has 0 aliphatic carbocycles. The van der Waals surface area contributed by atoms with Gasteiger partial charge in [0.15, 0.2) is 0 Å². The minimum atomic E-state index is -0.392. The second-order valence-electron chi connectivity index (χ2n) is 3.80. The summed E-state index contributed by atoms with van der Waals surface area (Å²) >= 11 is 0. The van der Waals surface area contributed by atoms with Gasteiger partial charge in [-0.25, -0.2) is 4.39 Å². The number of amides is 2. The number of carbonyl (C=O) groups excluding carboxylic acids is 2. The van der Waals surface area contributed by atoms with Crippen LogP contribution in [0.5, 0.6) is 0 Å². The molecule has 1 aromatic rings. The Labute approximate surface area is 106 Å². The van der Waals surface area contributed by atoms with Gasteiger partial charge in [0, 0.05) is 30.8 Å². The molecule has 0 spiro atoms. The first-order valence-electron chi connectivity index (χ1n) is 5.89. The van der Waals surface area contributed by atoms with Crippen molar-refractivity contribution in [3.05, 3.63) is 29.6 Å². The summed E-state index contributed by atoms with van der Waals surface area (Å²) in [6.45, 7) is 4.20. The highest BCUT2D eigenvalue weighted by atomic mass is 19.1. The molecule has 0 fully saturated rings. The SMILES string of the molecule is CCC(=O)NCc1cc(N(C=O)CC)ccc1F. The monoisotopic (exact) mass is 252 g/mol. The van der Waals surface area contributed by atoms with E-state index in [1.165, 1.54) is 11.0 Å². The molecule has 0 atom stereocenters. The highest BCUT2D eigenvalue weighted by Gasteiger charge is 2.08. The lowest BCUT2D eigenvalue weighted by Gasteiger charge is -2.16. The smallest absolute Gasteiger partial charge is 0.219 e. The molecule has 1 aromatic carbocycles. The number of nitrogens with one attached hydrogen (secondary N) is 1. The summed E-state index contributed by atoms with van der Waals surface area (Å²) in [7, 11) is 0. The van der Waals surface area contributed by atoms with E-state index in [2.05, 4.69) is 5.32 Å². The highest BCUT2D eigenvalue weighted by molar-refractivity contribution is 5.76. The minimum absolute atomic E-state index is 0.128. The molecule has 2 amide bonds. The molecule has 18 heavy (non-hydrogen) atoms. The Hall–Kier alpha value is -1.91. The number of anilines is 1. The van der Waals surface area contributed by atoms with Crippen molar-refractivity contribution in [1.29, 1.82) is 0 Å². The van der Waals surface area contributed by atoms with Gasteiger partial charge in [0.2, 0.25) is 12.3 Å². The van der Waals surface area contributed by atoms with Crippen LogP contribution < -0.4 is 10.2 Å². The second-order valence-corrected chi connectivity index (χ2v) is 3.80. The number of rotatable bonds is 6. The Morgan fingerprint density at radius 2 is 2.17 bits per heavy atom. The molecule has 0 aliphatic heterocycles. The molecule has 0 aliphatic rings. The van der Waals surface area contributed by atoms with Gasteiger partial charge in [-0.1, -0.05) is 6.92 Å². The van der Waals surface area contributed by atoms with Crippen LogP contribution in [0.2, 0.25) is 0 Å². The molecule has 0 heterocycles. The van der Waals surface area contributed by atoms with Crippen LogP contribution in [0.1, 0.15) is 25.8 Å². The Morgan fingerprint density at radius 3 is 2.72 bits per heavy atom. The lowest BCUT2D eigenvalue weighted by Crippen LogP contribution is -2.23. The van der Waals surface area contributed by atoms with Crippen LogP contribution in [-0.4, -0.2) is 18.9 Å². The zero-order chi connectivity index (χ0) is 13.5. The van der Waals surface area contributed by atoms with Gasteiger partial charge < -0.3 is 10.2 Å². The average Bonchev–Trinajstić information content (AvgIpc) is 2.39. The number of nitrogens with zero attached hydrogens (tertiary/aromatic N) is 1. The third kappa shape index (κ3) is 3.55. The Bertz CT molecular complexity index is 435. The van der Waals surface area contributed by atoms with E-state index in [9.17, 15) is 14.0 Å². The normalized spacial score (nSPS) is 9.94. The summed E-state index contributed by atoms with van der Waals surface area (Å²) in [5.41, 5.74) is 0.990. The maximum Gasteiger partial charge on any atom is 0.219 e. The van der Waals surface area contributed by atoms with Gasteiger partial charge in [0.05, 0.1) is 0 Å². The molecule has 0 saturated heterocycles. The molecule has 0 unspecified atom stereocenters. The predicted octanol–water partition coefficient (Wildman–Crippen LogP) is 1.83. The van der Waals surface area contributed by atoms with Crippen molar-refractivity contribution in [2.45, 2.75) is 26.8 Å². The van der Waals surface area contributed by atoms with Gasteiger partial charge in [0.25, 0.3) is 0 Å². The quantitative estimate of drug-likeness (QED) is 0.785. The molecule has 0 aromatic heterocycles.